The summed E-state index contributed by atoms with van der Waals surface area (Å²) in [6.45, 7) is 0. The van der Waals surface area contributed by atoms with Gasteiger partial charge in [-0.25, -0.2) is 15.0 Å². The third kappa shape index (κ3) is 4.20. The second kappa shape index (κ2) is 8.81. The molecule has 8 nitrogen and oxygen atoms in total. The minimum absolute atomic E-state index is 0.204. The molecule has 1 amide bonds. The lowest BCUT2D eigenvalue weighted by Crippen LogP contribution is -2.13. The van der Waals surface area contributed by atoms with E-state index >= 15 is 0 Å². The maximum Gasteiger partial charge on any atom is 0.278 e. The fourth-order valence-electron chi connectivity index (χ4n) is 3.15. The van der Waals surface area contributed by atoms with Crippen LogP contribution in [0.4, 0.5) is 5.69 Å². The summed E-state index contributed by atoms with van der Waals surface area (Å²) in [7, 11) is 0. The van der Waals surface area contributed by atoms with E-state index in [1.165, 1.54) is 12.7 Å². The highest BCUT2D eigenvalue weighted by Gasteiger charge is 2.18. The van der Waals surface area contributed by atoms with E-state index in [0.717, 1.165) is 21.5 Å². The Morgan fingerprint density at radius 3 is 2.88 bits per heavy atom. The Labute approximate surface area is 191 Å². The van der Waals surface area contributed by atoms with Gasteiger partial charge in [-0.2, -0.15) is 5.10 Å². The predicted octanol–water partition coefficient (Wildman–Crippen LogP) is 5.21. The van der Waals surface area contributed by atoms with Crippen molar-refractivity contribution >= 4 is 46.0 Å². The van der Waals surface area contributed by atoms with E-state index in [9.17, 15) is 4.79 Å². The van der Waals surface area contributed by atoms with Crippen molar-refractivity contribution in [3.05, 3.63) is 83.7 Å². The number of hydrogen-bond donors (Lipinski definition) is 2. The van der Waals surface area contributed by atoms with Crippen molar-refractivity contribution in [1.29, 1.82) is 0 Å². The zero-order valence-corrected chi connectivity index (χ0v) is 18.0. The van der Waals surface area contributed by atoms with Gasteiger partial charge in [-0.15, -0.1) is 11.8 Å². The standard InChI is InChI=1S/C22H15ClN6O2S/c23-15-6-4-14(5-7-15)19-18(26-12-31-19)21(30)28-16-3-1-2-13(8-16)10-32-22-17-9-27-29-20(17)24-11-25-22/h1-9,11-12H,10H2,(H,28,30)(H,24,25,27,29). The molecule has 5 rings (SSSR count). The topological polar surface area (TPSA) is 110 Å². The number of H-pyrrole nitrogens is 1. The van der Waals surface area contributed by atoms with Gasteiger partial charge in [-0.1, -0.05) is 23.7 Å². The number of aromatic amines is 1. The van der Waals surface area contributed by atoms with Gasteiger partial charge in [-0.05, 0) is 42.0 Å². The average molecular weight is 463 g/mol. The fourth-order valence-corrected chi connectivity index (χ4v) is 4.19. The van der Waals surface area contributed by atoms with Crippen molar-refractivity contribution in [2.45, 2.75) is 10.8 Å². The monoisotopic (exact) mass is 462 g/mol. The molecule has 2 N–H and O–H groups in total. The van der Waals surface area contributed by atoms with Gasteiger partial charge in [0.1, 0.15) is 11.4 Å². The average Bonchev–Trinajstić information content (AvgIpc) is 3.48. The number of thioether (sulfide) groups is 1. The Bertz CT molecular complexity index is 1400. The van der Waals surface area contributed by atoms with Crippen LogP contribution < -0.4 is 5.32 Å². The van der Waals surface area contributed by atoms with Gasteiger partial charge in [0.05, 0.1) is 11.6 Å². The molecule has 3 heterocycles. The zero-order valence-electron chi connectivity index (χ0n) is 16.4. The first kappa shape index (κ1) is 20.2. The summed E-state index contributed by atoms with van der Waals surface area (Å²) in [5, 5.41) is 12.1. The number of benzene rings is 2. The molecule has 0 aliphatic rings. The molecule has 0 fully saturated rings. The van der Waals surface area contributed by atoms with Gasteiger partial charge in [-0.3, -0.25) is 9.89 Å². The quantitative estimate of drug-likeness (QED) is 0.263. The van der Waals surface area contributed by atoms with Crippen LogP contribution in [-0.4, -0.2) is 31.1 Å². The molecule has 5 aromatic rings. The van der Waals surface area contributed by atoms with Crippen LogP contribution in [0, 0.1) is 0 Å². The summed E-state index contributed by atoms with van der Waals surface area (Å²) >= 11 is 7.52. The summed E-state index contributed by atoms with van der Waals surface area (Å²) in [5.41, 5.74) is 3.32. The number of nitrogens with zero attached hydrogens (tertiary/aromatic N) is 4. The first-order valence-corrected chi connectivity index (χ1v) is 10.9. The highest BCUT2D eigenvalue weighted by Crippen LogP contribution is 2.28. The maximum atomic E-state index is 12.9. The minimum atomic E-state index is -0.357. The number of carbonyl (C=O) groups is 1. The number of carbonyl (C=O) groups excluding carboxylic acids is 1. The zero-order chi connectivity index (χ0) is 21.9. The molecular weight excluding hydrogens is 448 g/mol. The van der Waals surface area contributed by atoms with Crippen molar-refractivity contribution in [2.75, 3.05) is 5.32 Å². The van der Waals surface area contributed by atoms with Crippen LogP contribution in [0.3, 0.4) is 0 Å². The van der Waals surface area contributed by atoms with Gasteiger partial charge in [0.2, 0.25) is 0 Å². The fraction of sp³-hybridized carbons (Fsp3) is 0.0455. The van der Waals surface area contributed by atoms with E-state index in [-0.39, 0.29) is 11.6 Å². The van der Waals surface area contributed by atoms with E-state index in [1.807, 2.05) is 24.3 Å². The Hall–Kier alpha value is -3.69. The van der Waals surface area contributed by atoms with Crippen molar-refractivity contribution in [3.8, 4) is 11.3 Å². The number of hydrogen-bond acceptors (Lipinski definition) is 7. The van der Waals surface area contributed by atoms with Crippen LogP contribution in [-0.2, 0) is 5.75 Å². The van der Waals surface area contributed by atoms with Gasteiger partial charge in [0.25, 0.3) is 5.91 Å². The van der Waals surface area contributed by atoms with E-state index in [0.29, 0.717) is 27.9 Å². The lowest BCUT2D eigenvalue weighted by Gasteiger charge is -2.07. The molecule has 32 heavy (non-hydrogen) atoms. The van der Waals surface area contributed by atoms with Crippen molar-refractivity contribution < 1.29 is 9.21 Å². The summed E-state index contributed by atoms with van der Waals surface area (Å²) in [6.07, 6.45) is 4.48. The molecule has 0 bridgehead atoms. The Morgan fingerprint density at radius 1 is 1.12 bits per heavy atom. The number of fused-ring (bicyclic) bond motifs is 1. The van der Waals surface area contributed by atoms with Crippen molar-refractivity contribution in [3.63, 3.8) is 0 Å². The van der Waals surface area contributed by atoms with Crippen molar-refractivity contribution in [1.82, 2.24) is 25.1 Å². The van der Waals surface area contributed by atoms with Gasteiger partial charge in [0, 0.05) is 22.0 Å². The third-order valence-electron chi connectivity index (χ3n) is 4.66. The first-order valence-electron chi connectivity index (χ1n) is 9.54. The number of amides is 1. The van der Waals surface area contributed by atoms with Gasteiger partial charge < -0.3 is 9.73 Å². The second-order valence-electron chi connectivity index (χ2n) is 6.79. The number of halogens is 1. The molecule has 0 atom stereocenters. The predicted molar refractivity (Wildman–Crippen MR) is 123 cm³/mol. The molecule has 0 saturated heterocycles. The molecule has 0 aliphatic carbocycles. The smallest absolute Gasteiger partial charge is 0.278 e. The molecule has 10 heteroatoms. The SMILES string of the molecule is O=C(Nc1cccc(CSc2ncnc3[nH]ncc23)c1)c1ncoc1-c1ccc(Cl)cc1. The van der Waals surface area contributed by atoms with E-state index in [1.54, 1.807) is 42.2 Å². The van der Waals surface area contributed by atoms with Crippen LogP contribution in [0.15, 0.2) is 76.9 Å². The maximum absolute atomic E-state index is 12.9. The Kier molecular flexibility index (Phi) is 5.57. The highest BCUT2D eigenvalue weighted by molar-refractivity contribution is 7.98. The summed E-state index contributed by atoms with van der Waals surface area (Å²) < 4.78 is 5.45. The van der Waals surface area contributed by atoms with E-state index < -0.39 is 0 Å². The summed E-state index contributed by atoms with van der Waals surface area (Å²) in [4.78, 5) is 25.4. The van der Waals surface area contributed by atoms with Crippen LogP contribution >= 0.6 is 23.4 Å². The second-order valence-corrected chi connectivity index (χ2v) is 8.19. The normalized spacial score (nSPS) is 11.0. The Balaban J connectivity index is 1.30. The lowest BCUT2D eigenvalue weighted by molar-refractivity contribution is 0.102. The molecule has 158 valence electrons. The Morgan fingerprint density at radius 2 is 2.00 bits per heavy atom. The van der Waals surface area contributed by atoms with Crippen LogP contribution in [0.25, 0.3) is 22.4 Å². The number of oxazole rings is 1. The van der Waals surface area contributed by atoms with Crippen molar-refractivity contribution in [2.24, 2.45) is 0 Å². The number of nitrogens with one attached hydrogen (secondary N) is 2. The highest BCUT2D eigenvalue weighted by atomic mass is 35.5. The summed E-state index contributed by atoms with van der Waals surface area (Å²) in [5.74, 6) is 0.698. The lowest BCUT2D eigenvalue weighted by atomic mass is 10.1. The minimum Gasteiger partial charge on any atom is -0.443 e. The van der Waals surface area contributed by atoms with Crippen LogP contribution in [0.5, 0.6) is 0 Å². The van der Waals surface area contributed by atoms with Crippen LogP contribution in [0.2, 0.25) is 5.02 Å². The van der Waals surface area contributed by atoms with E-state index in [2.05, 4.69) is 30.5 Å². The molecule has 0 aliphatic heterocycles. The number of rotatable bonds is 6. The van der Waals surface area contributed by atoms with Gasteiger partial charge >= 0.3 is 0 Å². The molecular formula is C22H15ClN6O2S. The van der Waals surface area contributed by atoms with Gasteiger partial charge in [0.15, 0.2) is 23.5 Å². The molecule has 0 saturated carbocycles. The summed E-state index contributed by atoms with van der Waals surface area (Å²) in [6, 6.07) is 14.7. The largest absolute Gasteiger partial charge is 0.443 e. The number of anilines is 1. The molecule has 3 aromatic heterocycles. The van der Waals surface area contributed by atoms with E-state index in [4.69, 9.17) is 16.0 Å². The first-order chi connectivity index (χ1) is 15.7. The molecule has 0 unspecified atom stereocenters. The molecule has 0 spiro atoms. The van der Waals surface area contributed by atoms with Crippen LogP contribution in [0.1, 0.15) is 16.1 Å². The molecule has 0 radical (unpaired) electrons. The third-order valence-corrected chi connectivity index (χ3v) is 5.99. The number of aromatic nitrogens is 5. The molecule has 2 aromatic carbocycles.